The first-order chi connectivity index (χ1) is 7.19. The Balaban J connectivity index is 2.54. The SMILES string of the molecule is N#Cc1cc(F)cc(-n2cc(Cl)cn2)c1. The number of aromatic nitrogens is 2. The Bertz CT molecular complexity index is 542. The summed E-state index contributed by atoms with van der Waals surface area (Å²) >= 11 is 5.68. The Morgan fingerprint density at radius 1 is 1.40 bits per heavy atom. The fourth-order valence-electron chi connectivity index (χ4n) is 1.21. The van der Waals surface area contributed by atoms with Gasteiger partial charge in [0.2, 0.25) is 0 Å². The van der Waals surface area contributed by atoms with Crippen molar-refractivity contribution in [1.29, 1.82) is 5.26 Å². The molecule has 1 aromatic carbocycles. The van der Waals surface area contributed by atoms with Crippen LogP contribution in [0.5, 0.6) is 0 Å². The molecule has 2 aromatic rings. The maximum Gasteiger partial charge on any atom is 0.126 e. The van der Waals surface area contributed by atoms with Crippen molar-refractivity contribution < 1.29 is 4.39 Å². The van der Waals surface area contributed by atoms with E-state index in [0.717, 1.165) is 6.07 Å². The standard InChI is InChI=1S/C10H5ClFN3/c11-8-5-14-15(6-8)10-2-7(4-13)1-9(12)3-10/h1-3,5-6H. The molecule has 0 saturated heterocycles. The molecular formula is C10H5ClFN3. The smallest absolute Gasteiger partial charge is 0.126 e. The second kappa shape index (κ2) is 3.71. The molecular weight excluding hydrogens is 217 g/mol. The molecule has 0 fully saturated rings. The van der Waals surface area contributed by atoms with E-state index >= 15 is 0 Å². The Hall–Kier alpha value is -1.86. The van der Waals surface area contributed by atoms with E-state index in [1.807, 2.05) is 6.07 Å². The quantitative estimate of drug-likeness (QED) is 0.743. The van der Waals surface area contributed by atoms with Crippen molar-refractivity contribution in [1.82, 2.24) is 9.78 Å². The van der Waals surface area contributed by atoms with Crippen LogP contribution in [0, 0.1) is 17.1 Å². The number of hydrogen-bond acceptors (Lipinski definition) is 2. The monoisotopic (exact) mass is 221 g/mol. The molecule has 2 rings (SSSR count). The highest BCUT2D eigenvalue weighted by atomic mass is 35.5. The molecule has 3 nitrogen and oxygen atoms in total. The van der Waals surface area contributed by atoms with Crippen molar-refractivity contribution in [3.63, 3.8) is 0 Å². The fraction of sp³-hybridized carbons (Fsp3) is 0. The van der Waals surface area contributed by atoms with Crippen LogP contribution in [-0.2, 0) is 0 Å². The summed E-state index contributed by atoms with van der Waals surface area (Å²) in [6.45, 7) is 0. The van der Waals surface area contributed by atoms with Gasteiger partial charge in [0.15, 0.2) is 0 Å². The fourth-order valence-corrected chi connectivity index (χ4v) is 1.35. The highest BCUT2D eigenvalue weighted by Gasteiger charge is 2.03. The maximum absolute atomic E-state index is 13.1. The number of nitriles is 1. The van der Waals surface area contributed by atoms with Crippen LogP contribution in [0.25, 0.3) is 5.69 Å². The third-order valence-corrected chi connectivity index (χ3v) is 2.02. The van der Waals surface area contributed by atoms with Gasteiger partial charge < -0.3 is 0 Å². The van der Waals surface area contributed by atoms with E-state index in [-0.39, 0.29) is 5.56 Å². The lowest BCUT2D eigenvalue weighted by atomic mass is 10.2. The van der Waals surface area contributed by atoms with Crippen molar-refractivity contribution in [2.24, 2.45) is 0 Å². The van der Waals surface area contributed by atoms with E-state index in [0.29, 0.717) is 10.7 Å². The lowest BCUT2D eigenvalue weighted by Gasteiger charge is -2.01. The van der Waals surface area contributed by atoms with Crippen LogP contribution in [-0.4, -0.2) is 9.78 Å². The molecule has 0 unspecified atom stereocenters. The number of rotatable bonds is 1. The second-order valence-corrected chi connectivity index (χ2v) is 3.35. The van der Waals surface area contributed by atoms with E-state index in [9.17, 15) is 4.39 Å². The number of hydrogen-bond donors (Lipinski definition) is 0. The molecule has 15 heavy (non-hydrogen) atoms. The summed E-state index contributed by atoms with van der Waals surface area (Å²) in [5.74, 6) is -0.476. The Morgan fingerprint density at radius 2 is 2.20 bits per heavy atom. The highest BCUT2D eigenvalue weighted by molar-refractivity contribution is 6.30. The number of benzene rings is 1. The lowest BCUT2D eigenvalue weighted by Crippen LogP contribution is -1.95. The number of halogens is 2. The molecule has 0 saturated carbocycles. The Kier molecular flexibility index (Phi) is 2.40. The predicted molar refractivity (Wildman–Crippen MR) is 53.2 cm³/mol. The first kappa shape index (κ1) is 9.69. The van der Waals surface area contributed by atoms with Crippen LogP contribution in [0.3, 0.4) is 0 Å². The van der Waals surface area contributed by atoms with E-state index in [1.165, 1.54) is 29.2 Å². The Labute approximate surface area is 90.3 Å². The normalized spacial score (nSPS) is 9.93. The van der Waals surface area contributed by atoms with Gasteiger partial charge in [0.1, 0.15) is 5.82 Å². The van der Waals surface area contributed by atoms with Crippen molar-refractivity contribution >= 4 is 11.6 Å². The zero-order valence-electron chi connectivity index (χ0n) is 7.48. The third kappa shape index (κ3) is 1.97. The minimum atomic E-state index is -0.476. The lowest BCUT2D eigenvalue weighted by molar-refractivity contribution is 0.625. The largest absolute Gasteiger partial charge is 0.239 e. The molecule has 5 heteroatoms. The molecule has 0 aliphatic carbocycles. The summed E-state index contributed by atoms with van der Waals surface area (Å²) < 4.78 is 14.5. The van der Waals surface area contributed by atoms with Gasteiger partial charge in [0.05, 0.1) is 28.5 Å². The van der Waals surface area contributed by atoms with Crippen molar-refractivity contribution in [3.8, 4) is 11.8 Å². The van der Waals surface area contributed by atoms with Gasteiger partial charge >= 0.3 is 0 Å². The van der Waals surface area contributed by atoms with Crippen LogP contribution in [0.1, 0.15) is 5.56 Å². The molecule has 0 spiro atoms. The molecule has 0 radical (unpaired) electrons. The summed E-state index contributed by atoms with van der Waals surface area (Å²) in [5, 5.41) is 13.0. The molecule has 0 atom stereocenters. The molecule has 0 bridgehead atoms. The average Bonchev–Trinajstić information content (AvgIpc) is 2.64. The average molecular weight is 222 g/mol. The zero-order valence-corrected chi connectivity index (χ0v) is 8.24. The zero-order chi connectivity index (χ0) is 10.8. The van der Waals surface area contributed by atoms with Crippen LogP contribution in [0.4, 0.5) is 4.39 Å². The van der Waals surface area contributed by atoms with Crippen LogP contribution in [0.2, 0.25) is 5.02 Å². The van der Waals surface area contributed by atoms with Gasteiger partial charge in [-0.3, -0.25) is 0 Å². The minimum absolute atomic E-state index is 0.247. The predicted octanol–water partition coefficient (Wildman–Crippen LogP) is 2.54. The molecule has 74 valence electrons. The summed E-state index contributed by atoms with van der Waals surface area (Å²) in [7, 11) is 0. The molecule has 0 aliphatic rings. The Morgan fingerprint density at radius 3 is 2.80 bits per heavy atom. The molecule has 1 heterocycles. The second-order valence-electron chi connectivity index (χ2n) is 2.91. The van der Waals surface area contributed by atoms with Gasteiger partial charge in [-0.05, 0) is 18.2 Å². The van der Waals surface area contributed by atoms with Crippen LogP contribution >= 0.6 is 11.6 Å². The first-order valence-electron chi connectivity index (χ1n) is 4.10. The van der Waals surface area contributed by atoms with E-state index in [4.69, 9.17) is 16.9 Å². The van der Waals surface area contributed by atoms with Gasteiger partial charge in [0, 0.05) is 6.20 Å². The van der Waals surface area contributed by atoms with Crippen molar-refractivity contribution in [2.45, 2.75) is 0 Å². The van der Waals surface area contributed by atoms with Gasteiger partial charge in [-0.2, -0.15) is 10.4 Å². The van der Waals surface area contributed by atoms with E-state index in [2.05, 4.69) is 5.10 Å². The van der Waals surface area contributed by atoms with Gasteiger partial charge in [0.25, 0.3) is 0 Å². The first-order valence-corrected chi connectivity index (χ1v) is 4.48. The van der Waals surface area contributed by atoms with E-state index in [1.54, 1.807) is 0 Å². The summed E-state index contributed by atoms with van der Waals surface area (Å²) in [6, 6.07) is 5.85. The topological polar surface area (TPSA) is 41.6 Å². The van der Waals surface area contributed by atoms with Crippen LogP contribution in [0.15, 0.2) is 30.6 Å². The third-order valence-electron chi connectivity index (χ3n) is 1.83. The molecule has 1 aromatic heterocycles. The summed E-state index contributed by atoms with van der Waals surface area (Å²) in [6.07, 6.45) is 2.98. The maximum atomic E-state index is 13.1. The van der Waals surface area contributed by atoms with Crippen molar-refractivity contribution in [3.05, 3.63) is 47.0 Å². The van der Waals surface area contributed by atoms with Gasteiger partial charge in [-0.15, -0.1) is 0 Å². The molecule has 0 amide bonds. The van der Waals surface area contributed by atoms with Gasteiger partial charge in [-0.1, -0.05) is 11.6 Å². The molecule has 0 aliphatic heterocycles. The summed E-state index contributed by atoms with van der Waals surface area (Å²) in [4.78, 5) is 0. The summed E-state index contributed by atoms with van der Waals surface area (Å²) in [5.41, 5.74) is 0.718. The highest BCUT2D eigenvalue weighted by Crippen LogP contribution is 2.15. The van der Waals surface area contributed by atoms with Gasteiger partial charge in [-0.25, -0.2) is 9.07 Å². The van der Waals surface area contributed by atoms with Crippen LogP contribution < -0.4 is 0 Å². The molecule has 0 N–H and O–H groups in total. The van der Waals surface area contributed by atoms with Crippen molar-refractivity contribution in [2.75, 3.05) is 0 Å². The number of nitrogens with zero attached hydrogens (tertiary/aromatic N) is 3. The minimum Gasteiger partial charge on any atom is -0.239 e. The van der Waals surface area contributed by atoms with E-state index < -0.39 is 5.82 Å².